The normalized spacial score (nSPS) is 14.3. The highest BCUT2D eigenvalue weighted by molar-refractivity contribution is 5.85. The monoisotopic (exact) mass is 551 g/mol. The smallest absolute Gasteiger partial charge is 0.241 e. The molecule has 0 bridgehead atoms. The van der Waals surface area contributed by atoms with Gasteiger partial charge in [-0.3, -0.25) is 9.69 Å². The van der Waals surface area contributed by atoms with E-state index in [1.54, 1.807) is 17.8 Å². The van der Waals surface area contributed by atoms with Gasteiger partial charge in [0.05, 0.1) is 28.9 Å². The molecule has 2 N–H and O–H groups in total. The van der Waals surface area contributed by atoms with Crippen LogP contribution in [-0.4, -0.2) is 61.9 Å². The molecule has 1 amide bonds. The van der Waals surface area contributed by atoms with Crippen molar-refractivity contribution in [3.63, 3.8) is 0 Å². The molecule has 1 aliphatic heterocycles. The molecule has 0 radical (unpaired) electrons. The van der Waals surface area contributed by atoms with Crippen LogP contribution in [0.25, 0.3) is 17.0 Å². The fourth-order valence-electron chi connectivity index (χ4n) is 5.02. The summed E-state index contributed by atoms with van der Waals surface area (Å²) in [6.07, 6.45) is 6.93. The Kier molecular flexibility index (Phi) is 8.50. The van der Waals surface area contributed by atoms with E-state index in [1.165, 1.54) is 6.08 Å². The minimum absolute atomic E-state index is 0.106. The zero-order valence-electron chi connectivity index (χ0n) is 23.5. The summed E-state index contributed by atoms with van der Waals surface area (Å²) in [5.41, 5.74) is 4.52. The average Bonchev–Trinajstić information content (AvgIpc) is 3.41. The van der Waals surface area contributed by atoms with Gasteiger partial charge in [0.2, 0.25) is 17.7 Å². The van der Waals surface area contributed by atoms with Crippen molar-refractivity contribution in [1.82, 2.24) is 35.2 Å². The first-order valence-electron chi connectivity index (χ1n) is 13.6. The van der Waals surface area contributed by atoms with Crippen LogP contribution in [0, 0.1) is 25.2 Å². The lowest BCUT2D eigenvalue weighted by molar-refractivity contribution is -0.121. The number of carbonyl (C=O) groups is 1. The number of fused-ring (bicyclic) bond motifs is 1. The van der Waals surface area contributed by atoms with Gasteiger partial charge in [-0.25, -0.2) is 9.67 Å². The number of amides is 1. The van der Waals surface area contributed by atoms with E-state index in [9.17, 15) is 4.79 Å². The van der Waals surface area contributed by atoms with E-state index in [4.69, 9.17) is 20.0 Å². The van der Waals surface area contributed by atoms with Gasteiger partial charge in [0, 0.05) is 38.8 Å². The Morgan fingerprint density at radius 3 is 2.66 bits per heavy atom. The molecular formula is C30H33N9O2. The number of para-hydroxylation sites is 1. The number of hydrogen-bond acceptors (Lipinski definition) is 9. The van der Waals surface area contributed by atoms with Crippen molar-refractivity contribution in [1.29, 1.82) is 5.26 Å². The summed E-state index contributed by atoms with van der Waals surface area (Å²) in [5.74, 6) is 1.68. The minimum Gasteiger partial charge on any atom is -0.438 e. The lowest BCUT2D eigenvalue weighted by Crippen LogP contribution is -2.39. The summed E-state index contributed by atoms with van der Waals surface area (Å²) in [7, 11) is 1.60. The highest BCUT2D eigenvalue weighted by atomic mass is 16.5. The zero-order valence-corrected chi connectivity index (χ0v) is 23.5. The first kappa shape index (κ1) is 27.7. The Balaban J connectivity index is 1.26. The fraction of sp³-hybridized carbons (Fsp3) is 0.333. The van der Waals surface area contributed by atoms with Crippen molar-refractivity contribution in [2.75, 3.05) is 25.5 Å². The van der Waals surface area contributed by atoms with Crippen molar-refractivity contribution >= 4 is 28.8 Å². The molecule has 5 rings (SSSR count). The van der Waals surface area contributed by atoms with Gasteiger partial charge >= 0.3 is 0 Å². The standard InChI is InChI=1S/C30H33N9O2/c1-20-15-22(7-6-12-31)16-21(2)28(20)41-29-25-8-4-5-9-26(25)34-30(35-29)33-23-10-13-38(14-11-23)17-24-18-39(37-36-24)19-27(40)32-3/h4-9,15-16,18,23H,10-11,13-14,17,19H2,1-3H3,(H,32,40)(H,33,34,35)/b7-6+. The molecule has 4 aromatic rings. The molecule has 1 aliphatic rings. The van der Waals surface area contributed by atoms with E-state index < -0.39 is 0 Å². The summed E-state index contributed by atoms with van der Waals surface area (Å²) in [5, 5.41) is 24.1. The van der Waals surface area contributed by atoms with Crippen molar-refractivity contribution in [3.8, 4) is 17.7 Å². The largest absolute Gasteiger partial charge is 0.438 e. The number of nitriles is 1. The predicted molar refractivity (Wildman–Crippen MR) is 156 cm³/mol. The average molecular weight is 552 g/mol. The SMILES string of the molecule is CNC(=O)Cn1cc(CN2CCC(Nc3nc(Oc4c(C)cc(/C=C/C#N)cc4C)c4ccccc4n3)CC2)nn1. The third-order valence-corrected chi connectivity index (χ3v) is 7.08. The number of allylic oxidation sites excluding steroid dienone is 1. The molecule has 3 heterocycles. The summed E-state index contributed by atoms with van der Waals surface area (Å²) >= 11 is 0. The Hall–Kier alpha value is -4.82. The molecule has 1 saturated heterocycles. The van der Waals surface area contributed by atoms with E-state index in [0.717, 1.165) is 65.0 Å². The number of hydrogen-bond donors (Lipinski definition) is 2. The molecule has 0 unspecified atom stereocenters. The van der Waals surface area contributed by atoms with E-state index in [2.05, 4.69) is 25.8 Å². The van der Waals surface area contributed by atoms with Crippen LogP contribution in [0.5, 0.6) is 11.6 Å². The third kappa shape index (κ3) is 6.85. The number of benzene rings is 2. The van der Waals surface area contributed by atoms with Crippen LogP contribution in [0.4, 0.5) is 5.95 Å². The highest BCUT2D eigenvalue weighted by Gasteiger charge is 2.22. The third-order valence-electron chi connectivity index (χ3n) is 7.08. The van der Waals surface area contributed by atoms with Gasteiger partial charge in [-0.2, -0.15) is 10.2 Å². The molecule has 210 valence electrons. The quantitative estimate of drug-likeness (QED) is 0.296. The number of piperidine rings is 1. The highest BCUT2D eigenvalue weighted by Crippen LogP contribution is 2.34. The molecule has 0 atom stereocenters. The van der Waals surface area contributed by atoms with Crippen molar-refractivity contribution in [2.24, 2.45) is 0 Å². The second-order valence-electron chi connectivity index (χ2n) is 10.2. The Bertz CT molecular complexity index is 1590. The van der Waals surface area contributed by atoms with Crippen molar-refractivity contribution in [2.45, 2.75) is 45.8 Å². The van der Waals surface area contributed by atoms with Crippen molar-refractivity contribution < 1.29 is 9.53 Å². The van der Waals surface area contributed by atoms with E-state index in [0.29, 0.717) is 18.4 Å². The van der Waals surface area contributed by atoms with Crippen LogP contribution in [0.1, 0.15) is 35.2 Å². The fourth-order valence-corrected chi connectivity index (χ4v) is 5.02. The molecular weight excluding hydrogens is 518 g/mol. The van der Waals surface area contributed by atoms with Crippen LogP contribution in [0.3, 0.4) is 0 Å². The topological polar surface area (TPSA) is 134 Å². The minimum atomic E-state index is -0.106. The maximum absolute atomic E-state index is 11.6. The van der Waals surface area contributed by atoms with Crippen LogP contribution in [0.2, 0.25) is 0 Å². The predicted octanol–water partition coefficient (Wildman–Crippen LogP) is 3.99. The molecule has 41 heavy (non-hydrogen) atoms. The molecule has 0 saturated carbocycles. The van der Waals surface area contributed by atoms with Gasteiger partial charge in [-0.15, -0.1) is 5.10 Å². The number of likely N-dealkylation sites (N-methyl/N-ethyl adjacent to an activating group) is 1. The van der Waals surface area contributed by atoms with Crippen LogP contribution in [0.15, 0.2) is 48.7 Å². The van der Waals surface area contributed by atoms with Gasteiger partial charge in [0.25, 0.3) is 0 Å². The maximum Gasteiger partial charge on any atom is 0.241 e. The number of ether oxygens (including phenoxy) is 1. The lowest BCUT2D eigenvalue weighted by atomic mass is 10.1. The van der Waals surface area contributed by atoms with Gasteiger partial charge in [-0.1, -0.05) is 17.3 Å². The molecule has 0 spiro atoms. The second kappa shape index (κ2) is 12.6. The number of carbonyl (C=O) groups excluding carboxylic acids is 1. The van der Waals surface area contributed by atoms with E-state index in [1.807, 2.05) is 62.5 Å². The van der Waals surface area contributed by atoms with Crippen LogP contribution < -0.4 is 15.4 Å². The van der Waals surface area contributed by atoms with E-state index >= 15 is 0 Å². The number of aryl methyl sites for hydroxylation is 2. The van der Waals surface area contributed by atoms with Gasteiger partial charge < -0.3 is 15.4 Å². The van der Waals surface area contributed by atoms with Gasteiger partial charge in [0.15, 0.2) is 0 Å². The Morgan fingerprint density at radius 1 is 1.17 bits per heavy atom. The lowest BCUT2D eigenvalue weighted by Gasteiger charge is -2.31. The van der Waals surface area contributed by atoms with Crippen molar-refractivity contribution in [3.05, 3.63) is 71.1 Å². The van der Waals surface area contributed by atoms with E-state index in [-0.39, 0.29) is 18.5 Å². The first-order valence-corrected chi connectivity index (χ1v) is 13.6. The molecule has 0 aliphatic carbocycles. The first-order chi connectivity index (χ1) is 19.9. The maximum atomic E-state index is 11.6. The molecule has 1 fully saturated rings. The van der Waals surface area contributed by atoms with Crippen LogP contribution >= 0.6 is 0 Å². The summed E-state index contributed by atoms with van der Waals surface area (Å²) in [6, 6.07) is 14.1. The Labute approximate surface area is 238 Å². The number of anilines is 1. The van der Waals surface area contributed by atoms with Gasteiger partial charge in [-0.05, 0) is 73.7 Å². The number of nitrogens with one attached hydrogen (secondary N) is 2. The summed E-state index contributed by atoms with van der Waals surface area (Å²) < 4.78 is 7.99. The Morgan fingerprint density at radius 2 is 1.93 bits per heavy atom. The summed E-state index contributed by atoms with van der Waals surface area (Å²) in [4.78, 5) is 23.5. The molecule has 2 aromatic heterocycles. The number of likely N-dealkylation sites (tertiary alicyclic amines) is 1. The van der Waals surface area contributed by atoms with Gasteiger partial charge in [0.1, 0.15) is 12.3 Å². The zero-order chi connectivity index (χ0) is 28.8. The number of rotatable bonds is 9. The summed E-state index contributed by atoms with van der Waals surface area (Å²) in [6.45, 7) is 6.62. The molecule has 11 nitrogen and oxygen atoms in total. The number of nitrogens with zero attached hydrogens (tertiary/aromatic N) is 7. The molecule has 11 heteroatoms. The van der Waals surface area contributed by atoms with Crippen LogP contribution in [-0.2, 0) is 17.9 Å². The molecule has 2 aromatic carbocycles. The number of aromatic nitrogens is 5. The second-order valence-corrected chi connectivity index (χ2v) is 10.2.